The van der Waals surface area contributed by atoms with Crippen LogP contribution < -0.4 is 0 Å². The van der Waals surface area contributed by atoms with E-state index in [1.807, 2.05) is 27.7 Å². The maximum Gasteiger partial charge on any atom is 0.303 e. The van der Waals surface area contributed by atoms with Gasteiger partial charge in [-0.05, 0) is 24.3 Å². The van der Waals surface area contributed by atoms with Crippen LogP contribution >= 0.6 is 0 Å². The lowest BCUT2D eigenvalue weighted by molar-refractivity contribution is -0.159. The van der Waals surface area contributed by atoms with Crippen molar-refractivity contribution in [2.24, 2.45) is 11.8 Å². The largest absolute Gasteiger partial charge is 0.462 e. The average Bonchev–Trinajstić information content (AvgIpc) is 2.80. The molecule has 44 heavy (non-hydrogen) atoms. The summed E-state index contributed by atoms with van der Waals surface area (Å²) in [7, 11) is 0. The third-order valence-corrected chi connectivity index (χ3v) is 6.23. The van der Waals surface area contributed by atoms with Gasteiger partial charge in [0.25, 0.3) is 0 Å². The molecule has 0 amide bonds. The summed E-state index contributed by atoms with van der Waals surface area (Å²) < 4.78 is 32.8. The van der Waals surface area contributed by atoms with Gasteiger partial charge in [-0.25, -0.2) is 0 Å². The predicted molar refractivity (Wildman–Crippen MR) is 160 cm³/mol. The molecule has 0 aliphatic heterocycles. The summed E-state index contributed by atoms with van der Waals surface area (Å²) in [5, 5.41) is 0. The van der Waals surface area contributed by atoms with Crippen LogP contribution in [0, 0.1) is 11.8 Å². The van der Waals surface area contributed by atoms with Crippen LogP contribution in [0.3, 0.4) is 0 Å². The molecule has 0 heterocycles. The Kier molecular flexibility index (Phi) is 19.6. The zero-order chi connectivity index (χ0) is 34.0. The topological polar surface area (TPSA) is 158 Å². The minimum absolute atomic E-state index is 0.0228. The zero-order valence-corrected chi connectivity index (χ0v) is 27.9. The second-order valence-electron chi connectivity index (χ2n) is 11.7. The third-order valence-electron chi connectivity index (χ3n) is 6.23. The number of esters is 6. The molecule has 0 aliphatic rings. The minimum Gasteiger partial charge on any atom is -0.462 e. The van der Waals surface area contributed by atoms with Crippen molar-refractivity contribution in [2.75, 3.05) is 0 Å². The van der Waals surface area contributed by atoms with Crippen LogP contribution in [0.1, 0.15) is 108 Å². The fourth-order valence-electron chi connectivity index (χ4n) is 4.77. The van der Waals surface area contributed by atoms with E-state index in [4.69, 9.17) is 28.4 Å². The highest BCUT2D eigenvalue weighted by Crippen LogP contribution is 2.23. The van der Waals surface area contributed by atoms with Gasteiger partial charge in [0.2, 0.25) is 0 Å². The summed E-state index contributed by atoms with van der Waals surface area (Å²) in [6, 6.07) is 0. The van der Waals surface area contributed by atoms with Crippen molar-refractivity contribution in [3.05, 3.63) is 12.2 Å². The summed E-state index contributed by atoms with van der Waals surface area (Å²) >= 11 is 0. The molecular weight excluding hydrogens is 576 g/mol. The summed E-state index contributed by atoms with van der Waals surface area (Å²) in [5.74, 6) is -2.94. The molecule has 12 heteroatoms. The highest BCUT2D eigenvalue weighted by atomic mass is 16.6. The first-order valence-corrected chi connectivity index (χ1v) is 15.1. The molecule has 0 aliphatic carbocycles. The van der Waals surface area contributed by atoms with Crippen LogP contribution in [0.2, 0.25) is 0 Å². The number of rotatable bonds is 20. The van der Waals surface area contributed by atoms with Gasteiger partial charge in [0.1, 0.15) is 36.6 Å². The number of carbonyl (C=O) groups excluding carboxylic acids is 6. The van der Waals surface area contributed by atoms with Crippen LogP contribution in [-0.4, -0.2) is 72.4 Å². The quantitative estimate of drug-likeness (QED) is 0.103. The van der Waals surface area contributed by atoms with Gasteiger partial charge >= 0.3 is 35.8 Å². The predicted octanol–water partition coefficient (Wildman–Crippen LogP) is 4.79. The number of ether oxygens (including phenoxy) is 6. The minimum atomic E-state index is -0.845. The van der Waals surface area contributed by atoms with Gasteiger partial charge in [0.15, 0.2) is 0 Å². The van der Waals surface area contributed by atoms with Gasteiger partial charge in [-0.15, -0.1) is 0 Å². The monoisotopic (exact) mass is 628 g/mol. The van der Waals surface area contributed by atoms with Crippen molar-refractivity contribution < 1.29 is 57.2 Å². The molecule has 0 rings (SSSR count). The summed E-state index contributed by atoms with van der Waals surface area (Å²) in [5.41, 5.74) is 0. The van der Waals surface area contributed by atoms with Gasteiger partial charge in [-0.1, -0.05) is 33.8 Å². The van der Waals surface area contributed by atoms with Crippen molar-refractivity contribution in [1.82, 2.24) is 0 Å². The molecule has 0 spiro atoms. The zero-order valence-electron chi connectivity index (χ0n) is 27.9. The molecule has 0 saturated heterocycles. The summed E-state index contributed by atoms with van der Waals surface area (Å²) in [6.45, 7) is 15.4. The number of hydrogen-bond acceptors (Lipinski definition) is 12. The standard InChI is InChI=1S/C32H52O12/c1-19(2)14-29(41-23(7)35)16-31(43-25(9)37)17-30(42-24(8)36)15-27(39-21(5)33)12-11-13-28(40-22(6)34)18-32(20(3)4)44-26(10)38/h11-12,19-20,27-32H,13-18H2,1-10H3/b12-11+. The van der Waals surface area contributed by atoms with E-state index in [9.17, 15) is 28.8 Å². The SMILES string of the molecule is CC(=O)OC(/C=C/CC(CC(OC(C)=O)C(C)C)OC(C)=O)CC(CC(CC(CC(C)C)OC(C)=O)OC(C)=O)OC(C)=O. The molecule has 0 N–H and O–H groups in total. The van der Waals surface area contributed by atoms with E-state index in [1.165, 1.54) is 41.5 Å². The molecule has 0 fully saturated rings. The second kappa shape index (κ2) is 21.3. The van der Waals surface area contributed by atoms with Gasteiger partial charge in [0, 0.05) is 73.6 Å². The lowest BCUT2D eigenvalue weighted by Crippen LogP contribution is -2.33. The Morgan fingerprint density at radius 1 is 0.477 bits per heavy atom. The lowest BCUT2D eigenvalue weighted by Gasteiger charge is -2.28. The molecule has 0 bridgehead atoms. The van der Waals surface area contributed by atoms with E-state index in [1.54, 1.807) is 12.2 Å². The molecule has 0 aromatic carbocycles. The van der Waals surface area contributed by atoms with E-state index in [0.29, 0.717) is 6.42 Å². The Hall–Kier alpha value is -3.44. The number of carbonyl (C=O) groups is 6. The van der Waals surface area contributed by atoms with Gasteiger partial charge in [0.05, 0.1) is 0 Å². The Bertz CT molecular complexity index is 970. The first kappa shape index (κ1) is 40.6. The molecule has 0 radical (unpaired) electrons. The van der Waals surface area contributed by atoms with Crippen LogP contribution in [-0.2, 0) is 57.2 Å². The molecule has 6 atom stereocenters. The number of hydrogen-bond donors (Lipinski definition) is 0. The van der Waals surface area contributed by atoms with Crippen molar-refractivity contribution in [3.8, 4) is 0 Å². The van der Waals surface area contributed by atoms with E-state index in [2.05, 4.69) is 0 Å². The highest BCUT2D eigenvalue weighted by molar-refractivity contribution is 5.68. The fourth-order valence-corrected chi connectivity index (χ4v) is 4.77. The summed E-state index contributed by atoms with van der Waals surface area (Å²) in [6.07, 6.45) is 0.538. The molecule has 0 aromatic rings. The van der Waals surface area contributed by atoms with Crippen LogP contribution in [0.15, 0.2) is 12.2 Å². The van der Waals surface area contributed by atoms with E-state index >= 15 is 0 Å². The van der Waals surface area contributed by atoms with Crippen molar-refractivity contribution >= 4 is 35.8 Å². The second-order valence-corrected chi connectivity index (χ2v) is 11.7. The Balaban J connectivity index is 5.98. The van der Waals surface area contributed by atoms with E-state index in [0.717, 1.165) is 0 Å². The Morgan fingerprint density at radius 3 is 1.25 bits per heavy atom. The van der Waals surface area contributed by atoms with Crippen LogP contribution in [0.5, 0.6) is 0 Å². The molecule has 252 valence electrons. The van der Waals surface area contributed by atoms with Crippen LogP contribution in [0.4, 0.5) is 0 Å². The smallest absolute Gasteiger partial charge is 0.303 e. The first-order valence-electron chi connectivity index (χ1n) is 15.1. The maximum atomic E-state index is 12.0. The van der Waals surface area contributed by atoms with E-state index < -0.39 is 72.4 Å². The fraction of sp³-hybridized carbons (Fsp3) is 0.750. The Labute approximate surface area is 261 Å². The average molecular weight is 629 g/mol. The lowest BCUT2D eigenvalue weighted by atomic mass is 9.96. The molecule has 0 aromatic heterocycles. The molecule has 6 unspecified atom stereocenters. The third kappa shape index (κ3) is 21.3. The van der Waals surface area contributed by atoms with Crippen molar-refractivity contribution in [3.63, 3.8) is 0 Å². The Morgan fingerprint density at radius 2 is 0.864 bits per heavy atom. The van der Waals surface area contributed by atoms with E-state index in [-0.39, 0.29) is 43.9 Å². The van der Waals surface area contributed by atoms with Gasteiger partial charge in [-0.3, -0.25) is 28.8 Å². The molecule has 12 nitrogen and oxygen atoms in total. The summed E-state index contributed by atoms with van der Waals surface area (Å²) in [4.78, 5) is 70.9. The normalized spacial score (nSPS) is 15.5. The van der Waals surface area contributed by atoms with Crippen molar-refractivity contribution in [1.29, 1.82) is 0 Å². The molecule has 0 saturated carbocycles. The first-order chi connectivity index (χ1) is 20.4. The maximum absolute atomic E-state index is 12.0. The van der Waals surface area contributed by atoms with Gasteiger partial charge < -0.3 is 28.4 Å². The highest BCUT2D eigenvalue weighted by Gasteiger charge is 2.29. The van der Waals surface area contributed by atoms with Crippen LogP contribution in [0.25, 0.3) is 0 Å². The van der Waals surface area contributed by atoms with Gasteiger partial charge in [-0.2, -0.15) is 0 Å². The molecular formula is C32H52O12. The van der Waals surface area contributed by atoms with Crippen molar-refractivity contribution in [2.45, 2.75) is 144 Å².